The Hall–Kier alpha value is -2.47. The zero-order valence-corrected chi connectivity index (χ0v) is 12.5. The first-order valence-corrected chi connectivity index (χ1v) is 7.31. The molecule has 3 rings (SSSR count). The summed E-state index contributed by atoms with van der Waals surface area (Å²) in [5.74, 6) is -0.209. The second-order valence-electron chi connectivity index (χ2n) is 4.75. The van der Waals surface area contributed by atoms with Gasteiger partial charge in [-0.05, 0) is 6.92 Å². The molecule has 6 heteroatoms. The number of amides is 1. The van der Waals surface area contributed by atoms with Gasteiger partial charge in [0, 0.05) is 18.0 Å². The molecule has 0 spiro atoms. The van der Waals surface area contributed by atoms with Gasteiger partial charge in [-0.25, -0.2) is 9.97 Å². The summed E-state index contributed by atoms with van der Waals surface area (Å²) in [6.45, 7) is 2.05. The van der Waals surface area contributed by atoms with Crippen LogP contribution < -0.4 is 5.32 Å². The standard InChI is InChI=1S/C15H14N4OS/c1-10-3-5-11(6-4-10)12-8-21-15(17-12)18-14(20)13-7-16-9-19(13)2/h3-9H,1-2H3,(H,17,18,20). The van der Waals surface area contributed by atoms with Gasteiger partial charge in [0.2, 0.25) is 0 Å². The Morgan fingerprint density at radius 3 is 2.71 bits per heavy atom. The van der Waals surface area contributed by atoms with Gasteiger partial charge in [0.05, 0.1) is 18.2 Å². The van der Waals surface area contributed by atoms with E-state index >= 15 is 0 Å². The summed E-state index contributed by atoms with van der Waals surface area (Å²) in [5.41, 5.74) is 3.61. The number of imidazole rings is 1. The van der Waals surface area contributed by atoms with Gasteiger partial charge in [0.25, 0.3) is 5.91 Å². The number of rotatable bonds is 3. The molecule has 0 unspecified atom stereocenters. The van der Waals surface area contributed by atoms with Crippen LogP contribution in [-0.2, 0) is 7.05 Å². The average molecular weight is 298 g/mol. The Labute approximate surface area is 126 Å². The van der Waals surface area contributed by atoms with Crippen LogP contribution in [0.5, 0.6) is 0 Å². The minimum atomic E-state index is -0.209. The molecule has 1 N–H and O–H groups in total. The predicted octanol–water partition coefficient (Wildman–Crippen LogP) is 3.10. The summed E-state index contributed by atoms with van der Waals surface area (Å²) in [6.07, 6.45) is 3.12. The zero-order valence-electron chi connectivity index (χ0n) is 11.7. The zero-order chi connectivity index (χ0) is 14.8. The van der Waals surface area contributed by atoms with E-state index in [0.29, 0.717) is 10.8 Å². The highest BCUT2D eigenvalue weighted by Gasteiger charge is 2.12. The molecule has 0 aliphatic heterocycles. The second kappa shape index (κ2) is 5.49. The van der Waals surface area contributed by atoms with Crippen molar-refractivity contribution in [2.75, 3.05) is 5.32 Å². The first-order valence-electron chi connectivity index (χ1n) is 6.44. The lowest BCUT2D eigenvalue weighted by atomic mass is 10.1. The Bertz CT molecular complexity index is 773. The fraction of sp³-hybridized carbons (Fsp3) is 0.133. The molecule has 3 aromatic rings. The number of benzene rings is 1. The van der Waals surface area contributed by atoms with Crippen molar-refractivity contribution in [3.63, 3.8) is 0 Å². The van der Waals surface area contributed by atoms with E-state index in [1.165, 1.54) is 23.1 Å². The van der Waals surface area contributed by atoms with Gasteiger partial charge in [-0.2, -0.15) is 0 Å². The number of carbonyl (C=O) groups excluding carboxylic acids is 1. The Morgan fingerprint density at radius 1 is 1.29 bits per heavy atom. The molecule has 1 amide bonds. The quantitative estimate of drug-likeness (QED) is 0.808. The SMILES string of the molecule is Cc1ccc(-c2csc(NC(=O)c3cncn3C)n2)cc1. The fourth-order valence-corrected chi connectivity index (χ4v) is 2.64. The number of nitrogens with one attached hydrogen (secondary N) is 1. The number of hydrogen-bond acceptors (Lipinski definition) is 4. The van der Waals surface area contributed by atoms with E-state index in [1.54, 1.807) is 17.9 Å². The molecule has 0 aliphatic rings. The number of carbonyl (C=O) groups is 1. The molecule has 106 valence electrons. The van der Waals surface area contributed by atoms with Gasteiger partial charge in [-0.1, -0.05) is 29.8 Å². The molecule has 1 aromatic carbocycles. The maximum absolute atomic E-state index is 12.1. The van der Waals surface area contributed by atoms with Gasteiger partial charge >= 0.3 is 0 Å². The number of hydrogen-bond donors (Lipinski definition) is 1. The van der Waals surface area contributed by atoms with Gasteiger partial charge in [0.15, 0.2) is 5.13 Å². The largest absolute Gasteiger partial charge is 0.330 e. The smallest absolute Gasteiger partial charge is 0.275 e. The van der Waals surface area contributed by atoms with Crippen molar-refractivity contribution < 1.29 is 4.79 Å². The van der Waals surface area contributed by atoms with Crippen LogP contribution in [0.4, 0.5) is 5.13 Å². The number of aromatic nitrogens is 3. The van der Waals surface area contributed by atoms with E-state index in [2.05, 4.69) is 15.3 Å². The Morgan fingerprint density at radius 2 is 2.05 bits per heavy atom. The lowest BCUT2D eigenvalue weighted by Gasteiger charge is -2.01. The lowest BCUT2D eigenvalue weighted by Crippen LogP contribution is -2.15. The summed E-state index contributed by atoms with van der Waals surface area (Å²) in [6, 6.07) is 8.14. The van der Waals surface area contributed by atoms with E-state index in [9.17, 15) is 4.79 Å². The second-order valence-corrected chi connectivity index (χ2v) is 5.61. The molecular formula is C15H14N4OS. The van der Waals surface area contributed by atoms with E-state index in [0.717, 1.165) is 11.3 Å². The van der Waals surface area contributed by atoms with Crippen molar-refractivity contribution in [3.05, 3.63) is 53.4 Å². The highest BCUT2D eigenvalue weighted by Crippen LogP contribution is 2.25. The molecule has 0 saturated heterocycles. The van der Waals surface area contributed by atoms with Crippen LogP contribution in [0.1, 0.15) is 16.1 Å². The molecule has 2 aromatic heterocycles. The van der Waals surface area contributed by atoms with Crippen molar-refractivity contribution in [2.45, 2.75) is 6.92 Å². The molecule has 5 nitrogen and oxygen atoms in total. The number of nitrogens with zero attached hydrogens (tertiary/aromatic N) is 3. The van der Waals surface area contributed by atoms with Crippen molar-refractivity contribution >= 4 is 22.4 Å². The molecule has 2 heterocycles. The molecule has 0 radical (unpaired) electrons. The van der Waals surface area contributed by atoms with Crippen molar-refractivity contribution in [2.24, 2.45) is 7.05 Å². The van der Waals surface area contributed by atoms with Crippen LogP contribution >= 0.6 is 11.3 Å². The van der Waals surface area contributed by atoms with E-state index in [-0.39, 0.29) is 5.91 Å². The molecule has 0 atom stereocenters. The van der Waals surface area contributed by atoms with Crippen molar-refractivity contribution in [1.29, 1.82) is 0 Å². The molecule has 0 fully saturated rings. The third kappa shape index (κ3) is 2.85. The van der Waals surface area contributed by atoms with Crippen LogP contribution in [0.3, 0.4) is 0 Å². The minimum absolute atomic E-state index is 0.209. The number of aryl methyl sites for hydroxylation is 2. The number of anilines is 1. The van der Waals surface area contributed by atoms with Crippen LogP contribution in [0, 0.1) is 6.92 Å². The first kappa shape index (κ1) is 13.5. The fourth-order valence-electron chi connectivity index (χ4n) is 1.93. The molecule has 0 saturated carbocycles. The Kier molecular flexibility index (Phi) is 3.53. The van der Waals surface area contributed by atoms with Crippen LogP contribution in [0.2, 0.25) is 0 Å². The topological polar surface area (TPSA) is 59.8 Å². The third-order valence-electron chi connectivity index (χ3n) is 3.12. The normalized spacial score (nSPS) is 10.6. The average Bonchev–Trinajstić information content (AvgIpc) is 3.09. The number of thiazole rings is 1. The minimum Gasteiger partial charge on any atom is -0.330 e. The van der Waals surface area contributed by atoms with Crippen LogP contribution in [0.15, 0.2) is 42.2 Å². The van der Waals surface area contributed by atoms with Gasteiger partial charge in [-0.15, -0.1) is 11.3 Å². The highest BCUT2D eigenvalue weighted by atomic mass is 32.1. The van der Waals surface area contributed by atoms with E-state index in [4.69, 9.17) is 0 Å². The van der Waals surface area contributed by atoms with Gasteiger partial charge < -0.3 is 4.57 Å². The molecular weight excluding hydrogens is 284 g/mol. The molecule has 21 heavy (non-hydrogen) atoms. The van der Waals surface area contributed by atoms with Crippen molar-refractivity contribution in [3.8, 4) is 11.3 Å². The summed E-state index contributed by atoms with van der Waals surface area (Å²) in [4.78, 5) is 20.5. The maximum Gasteiger partial charge on any atom is 0.275 e. The first-order chi connectivity index (χ1) is 10.1. The summed E-state index contributed by atoms with van der Waals surface area (Å²) in [7, 11) is 1.78. The predicted molar refractivity (Wildman–Crippen MR) is 83.4 cm³/mol. The van der Waals surface area contributed by atoms with E-state index < -0.39 is 0 Å². The van der Waals surface area contributed by atoms with Gasteiger partial charge in [0.1, 0.15) is 5.69 Å². The van der Waals surface area contributed by atoms with E-state index in [1.807, 2.05) is 36.6 Å². The lowest BCUT2D eigenvalue weighted by molar-refractivity contribution is 0.101. The van der Waals surface area contributed by atoms with Gasteiger partial charge in [-0.3, -0.25) is 10.1 Å². The monoisotopic (exact) mass is 298 g/mol. The van der Waals surface area contributed by atoms with Crippen molar-refractivity contribution in [1.82, 2.24) is 14.5 Å². The highest BCUT2D eigenvalue weighted by molar-refractivity contribution is 7.14. The summed E-state index contributed by atoms with van der Waals surface area (Å²) >= 11 is 1.41. The summed E-state index contributed by atoms with van der Waals surface area (Å²) in [5, 5.41) is 5.31. The molecule has 0 aliphatic carbocycles. The maximum atomic E-state index is 12.1. The van der Waals surface area contributed by atoms with Crippen LogP contribution in [0.25, 0.3) is 11.3 Å². The Balaban J connectivity index is 1.78. The third-order valence-corrected chi connectivity index (χ3v) is 3.88. The summed E-state index contributed by atoms with van der Waals surface area (Å²) < 4.78 is 1.67. The molecule has 0 bridgehead atoms. The van der Waals surface area contributed by atoms with Crippen LogP contribution in [-0.4, -0.2) is 20.4 Å².